The molecule has 2 fully saturated rings. The van der Waals surface area contributed by atoms with E-state index in [2.05, 4.69) is 26.2 Å². The van der Waals surface area contributed by atoms with Gasteiger partial charge in [0.25, 0.3) is 5.91 Å². The van der Waals surface area contributed by atoms with Crippen LogP contribution in [0.2, 0.25) is 0 Å². The van der Waals surface area contributed by atoms with Crippen LogP contribution in [0.3, 0.4) is 0 Å². The van der Waals surface area contributed by atoms with Gasteiger partial charge in [-0.15, -0.1) is 0 Å². The monoisotopic (exact) mass is 531 g/mol. The number of nitrogens with zero attached hydrogens (tertiary/aromatic N) is 2. The van der Waals surface area contributed by atoms with Crippen molar-refractivity contribution in [3.05, 3.63) is 27.7 Å². The maximum absolute atomic E-state index is 12.5. The number of carbonyl (C=O) groups is 2. The summed E-state index contributed by atoms with van der Waals surface area (Å²) in [6, 6.07) is 3.61. The molecule has 2 atom stereocenters. The molecule has 0 aliphatic carbocycles. The van der Waals surface area contributed by atoms with Crippen molar-refractivity contribution in [2.24, 2.45) is 4.99 Å². The molecular weight excluding hydrogens is 506 g/mol. The number of aliphatic imine (C=N–C) groups is 1. The highest BCUT2D eigenvalue weighted by Crippen LogP contribution is 2.43. The van der Waals surface area contributed by atoms with Gasteiger partial charge in [-0.2, -0.15) is 4.99 Å². The van der Waals surface area contributed by atoms with Crippen molar-refractivity contribution in [3.8, 4) is 0 Å². The number of carbonyl (C=O) groups excluding carboxylic acids is 2. The van der Waals surface area contributed by atoms with Gasteiger partial charge in [0.05, 0.1) is 17.5 Å². The molecule has 0 unspecified atom stereocenters. The average Bonchev–Trinajstić information content (AvgIpc) is 3.03. The third-order valence-corrected chi connectivity index (χ3v) is 8.43. The SMILES string of the molecule is Cc1cc(Br)cc(C)c1N1C(=NC(=O)CNC(=O)OC(C)(C)C)S[C@@H]2CS(=O)(=O)C[C@@H]21. The van der Waals surface area contributed by atoms with Crippen LogP contribution in [0.1, 0.15) is 31.9 Å². The van der Waals surface area contributed by atoms with Crippen LogP contribution < -0.4 is 10.2 Å². The second kappa shape index (κ2) is 8.74. The number of anilines is 1. The van der Waals surface area contributed by atoms with Crippen LogP contribution in [0.25, 0.3) is 0 Å². The van der Waals surface area contributed by atoms with Crippen LogP contribution in [0, 0.1) is 13.8 Å². The van der Waals surface area contributed by atoms with Gasteiger partial charge in [-0.1, -0.05) is 27.7 Å². The minimum atomic E-state index is -3.16. The Morgan fingerprint density at radius 3 is 2.45 bits per heavy atom. The number of nitrogens with one attached hydrogen (secondary N) is 1. The zero-order valence-electron chi connectivity index (χ0n) is 18.1. The predicted molar refractivity (Wildman–Crippen MR) is 127 cm³/mol. The number of halogens is 1. The van der Waals surface area contributed by atoms with Gasteiger partial charge in [-0.3, -0.25) is 4.79 Å². The topological polar surface area (TPSA) is 105 Å². The Bertz CT molecular complexity index is 1030. The quantitative estimate of drug-likeness (QED) is 0.638. The lowest BCUT2D eigenvalue weighted by Crippen LogP contribution is -2.39. The highest BCUT2D eigenvalue weighted by molar-refractivity contribution is 9.10. The van der Waals surface area contributed by atoms with Crippen LogP contribution >= 0.6 is 27.7 Å². The second-order valence-electron chi connectivity index (χ2n) is 8.70. The number of ether oxygens (including phenoxy) is 1. The molecule has 0 bridgehead atoms. The van der Waals surface area contributed by atoms with E-state index in [1.807, 2.05) is 30.9 Å². The highest BCUT2D eigenvalue weighted by atomic mass is 79.9. The molecule has 2 aliphatic heterocycles. The molecule has 0 spiro atoms. The number of benzene rings is 1. The molecule has 2 saturated heterocycles. The molecule has 0 radical (unpaired) electrons. The summed E-state index contributed by atoms with van der Waals surface area (Å²) in [4.78, 5) is 30.4. The van der Waals surface area contributed by atoms with E-state index in [1.165, 1.54) is 11.8 Å². The third-order valence-electron chi connectivity index (χ3n) is 4.77. The van der Waals surface area contributed by atoms with Crippen molar-refractivity contribution in [2.75, 3.05) is 23.0 Å². The van der Waals surface area contributed by atoms with Gasteiger partial charge in [-0.05, 0) is 57.9 Å². The molecule has 170 valence electrons. The van der Waals surface area contributed by atoms with Gasteiger partial charge in [-0.25, -0.2) is 13.2 Å². The zero-order valence-corrected chi connectivity index (χ0v) is 21.3. The minimum Gasteiger partial charge on any atom is -0.444 e. The van der Waals surface area contributed by atoms with Crippen LogP contribution in [0.5, 0.6) is 0 Å². The van der Waals surface area contributed by atoms with Crippen LogP contribution in [-0.2, 0) is 19.4 Å². The molecule has 0 saturated carbocycles. The molecule has 3 rings (SSSR count). The molecular formula is C20H26BrN3O5S2. The number of alkyl carbamates (subject to hydrolysis) is 1. The summed E-state index contributed by atoms with van der Waals surface area (Å²) in [5.74, 6) is -0.464. The molecule has 2 heterocycles. The molecule has 1 aromatic rings. The first kappa shape index (κ1) is 24.1. The second-order valence-corrected chi connectivity index (χ2v) is 13.0. The van der Waals surface area contributed by atoms with E-state index in [1.54, 1.807) is 20.8 Å². The van der Waals surface area contributed by atoms with E-state index in [0.29, 0.717) is 5.17 Å². The van der Waals surface area contributed by atoms with E-state index >= 15 is 0 Å². The maximum Gasteiger partial charge on any atom is 0.408 e. The van der Waals surface area contributed by atoms with Gasteiger partial charge in [0.15, 0.2) is 15.0 Å². The number of sulfone groups is 1. The summed E-state index contributed by atoms with van der Waals surface area (Å²) in [6.07, 6.45) is -0.695. The summed E-state index contributed by atoms with van der Waals surface area (Å²) >= 11 is 4.79. The van der Waals surface area contributed by atoms with Gasteiger partial charge in [0.1, 0.15) is 12.1 Å². The van der Waals surface area contributed by atoms with Crippen molar-refractivity contribution < 1.29 is 22.7 Å². The molecule has 1 N–H and O–H groups in total. The van der Waals surface area contributed by atoms with Crippen LogP contribution in [-0.4, -0.2) is 60.5 Å². The Morgan fingerprint density at radius 1 is 1.26 bits per heavy atom. The predicted octanol–water partition coefficient (Wildman–Crippen LogP) is 3.19. The minimum absolute atomic E-state index is 0.0168. The molecule has 1 aromatic carbocycles. The summed E-state index contributed by atoms with van der Waals surface area (Å²) in [6.45, 7) is 8.78. The maximum atomic E-state index is 12.5. The van der Waals surface area contributed by atoms with E-state index in [0.717, 1.165) is 21.3 Å². The van der Waals surface area contributed by atoms with E-state index in [4.69, 9.17) is 4.74 Å². The molecule has 11 heteroatoms. The Labute approximate surface area is 195 Å². The summed E-state index contributed by atoms with van der Waals surface area (Å²) < 4.78 is 30.6. The molecule has 31 heavy (non-hydrogen) atoms. The zero-order chi connectivity index (χ0) is 23.1. The molecule has 2 amide bonds. The molecule has 2 aliphatic rings. The average molecular weight is 532 g/mol. The van der Waals surface area contributed by atoms with Crippen molar-refractivity contribution in [1.29, 1.82) is 0 Å². The lowest BCUT2D eigenvalue weighted by Gasteiger charge is -2.28. The fourth-order valence-electron chi connectivity index (χ4n) is 3.72. The number of amidine groups is 1. The number of amides is 2. The highest BCUT2D eigenvalue weighted by Gasteiger charge is 2.50. The smallest absolute Gasteiger partial charge is 0.408 e. The third kappa shape index (κ3) is 5.81. The first-order valence-electron chi connectivity index (χ1n) is 9.77. The molecule has 0 aromatic heterocycles. The van der Waals surface area contributed by atoms with Crippen LogP contribution in [0.4, 0.5) is 10.5 Å². The van der Waals surface area contributed by atoms with Gasteiger partial charge in [0.2, 0.25) is 0 Å². The normalized spacial score (nSPS) is 23.7. The number of hydrogen-bond acceptors (Lipinski definition) is 6. The Hall–Kier alpha value is -1.59. The number of fused-ring (bicyclic) bond motifs is 1. The number of hydrogen-bond donors (Lipinski definition) is 1. The van der Waals surface area contributed by atoms with Gasteiger partial charge < -0.3 is 15.0 Å². The lowest BCUT2D eigenvalue weighted by atomic mass is 10.1. The van der Waals surface area contributed by atoms with E-state index < -0.39 is 27.4 Å². The summed E-state index contributed by atoms with van der Waals surface area (Å²) in [7, 11) is -3.16. The summed E-state index contributed by atoms with van der Waals surface area (Å²) in [5, 5.41) is 2.67. The number of aryl methyl sites for hydroxylation is 2. The Balaban J connectivity index is 1.87. The number of thioether (sulfide) groups is 1. The van der Waals surface area contributed by atoms with Crippen molar-refractivity contribution in [2.45, 2.75) is 51.5 Å². The molecule has 8 nitrogen and oxygen atoms in total. The lowest BCUT2D eigenvalue weighted by molar-refractivity contribution is -0.117. The van der Waals surface area contributed by atoms with Gasteiger partial charge >= 0.3 is 6.09 Å². The Kier molecular flexibility index (Phi) is 6.79. The van der Waals surface area contributed by atoms with Crippen molar-refractivity contribution in [3.63, 3.8) is 0 Å². The standard InChI is InChI=1S/C20H26BrN3O5S2/c1-11-6-13(21)7-12(2)17(11)24-14-9-31(27,28)10-15(14)30-18(24)23-16(25)8-22-19(26)29-20(3,4)5/h6-7,14-15H,8-10H2,1-5H3,(H,22,26)/t14-,15+/m0/s1. The first-order chi connectivity index (χ1) is 14.3. The van der Waals surface area contributed by atoms with Crippen molar-refractivity contribution in [1.82, 2.24) is 5.32 Å². The Morgan fingerprint density at radius 2 is 1.87 bits per heavy atom. The largest absolute Gasteiger partial charge is 0.444 e. The van der Waals surface area contributed by atoms with E-state index in [9.17, 15) is 18.0 Å². The first-order valence-corrected chi connectivity index (χ1v) is 13.3. The fourth-order valence-corrected chi connectivity index (χ4v) is 8.32. The summed E-state index contributed by atoms with van der Waals surface area (Å²) in [5.41, 5.74) is 2.08. The van der Waals surface area contributed by atoms with Crippen LogP contribution in [0.15, 0.2) is 21.6 Å². The van der Waals surface area contributed by atoms with Gasteiger partial charge in [0, 0.05) is 15.4 Å². The number of rotatable bonds is 3. The van der Waals surface area contributed by atoms with Crippen molar-refractivity contribution >= 4 is 60.4 Å². The van der Waals surface area contributed by atoms with E-state index in [-0.39, 0.29) is 29.3 Å². The fraction of sp³-hybridized carbons (Fsp3) is 0.550.